The first kappa shape index (κ1) is 13.3. The maximum atomic E-state index is 11.3. The summed E-state index contributed by atoms with van der Waals surface area (Å²) in [6.45, 7) is 4.31. The molecule has 2 rings (SSSR count). The number of Topliss-reactive ketones (excluding diaryl/α,β-unsaturated/α-hetero) is 1. The third-order valence-corrected chi connectivity index (χ3v) is 4.26. The van der Waals surface area contributed by atoms with Crippen LogP contribution in [0.1, 0.15) is 48.4 Å². The fourth-order valence-corrected chi connectivity index (χ4v) is 2.93. The molecule has 0 radical (unpaired) electrons. The van der Waals surface area contributed by atoms with E-state index >= 15 is 0 Å². The number of carbonyl (C=O) groups is 1. The van der Waals surface area contributed by atoms with E-state index in [1.54, 1.807) is 0 Å². The van der Waals surface area contributed by atoms with Crippen molar-refractivity contribution in [3.05, 3.63) is 34.9 Å². The molecule has 1 aliphatic carbocycles. The summed E-state index contributed by atoms with van der Waals surface area (Å²) >= 11 is 0. The van der Waals surface area contributed by atoms with Gasteiger partial charge in [0.15, 0.2) is 0 Å². The van der Waals surface area contributed by atoms with Crippen LogP contribution in [0.4, 0.5) is 0 Å². The molecule has 0 spiro atoms. The Morgan fingerprint density at radius 3 is 2.39 bits per heavy atom. The molecule has 1 fully saturated rings. The molecule has 0 aliphatic heterocycles. The van der Waals surface area contributed by atoms with E-state index in [0.717, 1.165) is 25.7 Å². The molecular formula is C16H23NO. The summed E-state index contributed by atoms with van der Waals surface area (Å²) in [5.41, 5.74) is 4.05. The average Bonchev–Trinajstić information content (AvgIpc) is 2.37. The molecule has 18 heavy (non-hydrogen) atoms. The van der Waals surface area contributed by atoms with E-state index in [1.165, 1.54) is 16.7 Å². The minimum atomic E-state index is 0.386. The van der Waals surface area contributed by atoms with Gasteiger partial charge in [-0.15, -0.1) is 0 Å². The van der Waals surface area contributed by atoms with Gasteiger partial charge in [-0.2, -0.15) is 0 Å². The first-order valence-corrected chi connectivity index (χ1v) is 6.88. The third kappa shape index (κ3) is 2.81. The van der Waals surface area contributed by atoms with Crippen LogP contribution in [0, 0.1) is 19.8 Å². The summed E-state index contributed by atoms with van der Waals surface area (Å²) < 4.78 is 0. The zero-order valence-corrected chi connectivity index (χ0v) is 11.6. The molecule has 1 atom stereocenters. The molecule has 1 saturated carbocycles. The van der Waals surface area contributed by atoms with Crippen molar-refractivity contribution in [2.45, 2.75) is 45.6 Å². The van der Waals surface area contributed by atoms with Gasteiger partial charge in [-0.3, -0.25) is 4.79 Å². The quantitative estimate of drug-likeness (QED) is 0.885. The lowest BCUT2D eigenvalue weighted by Crippen LogP contribution is -2.28. The van der Waals surface area contributed by atoms with E-state index in [2.05, 4.69) is 37.4 Å². The molecule has 0 amide bonds. The fourth-order valence-electron chi connectivity index (χ4n) is 2.93. The van der Waals surface area contributed by atoms with Crippen molar-refractivity contribution in [1.29, 1.82) is 0 Å². The SMILES string of the molecule is CNC(c1ccc(C)c(C)c1)C1CCC(=O)CC1. The Labute approximate surface area is 110 Å². The number of carbonyl (C=O) groups excluding carboxylic acids is 1. The number of ketones is 1. The molecule has 0 bridgehead atoms. The van der Waals surface area contributed by atoms with Gasteiger partial charge in [0.05, 0.1) is 0 Å². The van der Waals surface area contributed by atoms with Crippen LogP contribution < -0.4 is 5.32 Å². The van der Waals surface area contributed by atoms with Gasteiger partial charge in [-0.1, -0.05) is 18.2 Å². The van der Waals surface area contributed by atoms with Crippen molar-refractivity contribution >= 4 is 5.78 Å². The highest BCUT2D eigenvalue weighted by molar-refractivity contribution is 5.79. The first-order valence-electron chi connectivity index (χ1n) is 6.88. The van der Waals surface area contributed by atoms with Gasteiger partial charge in [-0.05, 0) is 56.3 Å². The zero-order chi connectivity index (χ0) is 13.1. The molecule has 1 N–H and O–H groups in total. The van der Waals surface area contributed by atoms with Crippen LogP contribution in [-0.4, -0.2) is 12.8 Å². The van der Waals surface area contributed by atoms with Gasteiger partial charge in [0.1, 0.15) is 5.78 Å². The van der Waals surface area contributed by atoms with Crippen LogP contribution in [-0.2, 0) is 4.79 Å². The second-order valence-electron chi connectivity index (χ2n) is 5.49. The summed E-state index contributed by atoms with van der Waals surface area (Å²) in [7, 11) is 2.02. The Balaban J connectivity index is 2.17. The third-order valence-electron chi connectivity index (χ3n) is 4.26. The molecule has 1 aromatic carbocycles. The van der Waals surface area contributed by atoms with Crippen LogP contribution >= 0.6 is 0 Å². The maximum absolute atomic E-state index is 11.3. The molecule has 0 heterocycles. The maximum Gasteiger partial charge on any atom is 0.132 e. The van der Waals surface area contributed by atoms with Crippen LogP contribution in [0.15, 0.2) is 18.2 Å². The standard InChI is InChI=1S/C16H23NO/c1-11-4-5-14(10-12(11)2)16(17-3)13-6-8-15(18)9-7-13/h4-5,10,13,16-17H,6-9H2,1-3H3. The van der Waals surface area contributed by atoms with E-state index in [4.69, 9.17) is 0 Å². The second-order valence-corrected chi connectivity index (χ2v) is 5.49. The van der Waals surface area contributed by atoms with Crippen molar-refractivity contribution < 1.29 is 4.79 Å². The van der Waals surface area contributed by atoms with Crippen molar-refractivity contribution in [3.8, 4) is 0 Å². The Hall–Kier alpha value is -1.15. The summed E-state index contributed by atoms with van der Waals surface area (Å²) in [6, 6.07) is 7.09. The largest absolute Gasteiger partial charge is 0.313 e. The lowest BCUT2D eigenvalue weighted by molar-refractivity contribution is -0.121. The van der Waals surface area contributed by atoms with E-state index in [-0.39, 0.29) is 0 Å². The van der Waals surface area contributed by atoms with Gasteiger partial charge in [0.2, 0.25) is 0 Å². The first-order chi connectivity index (χ1) is 8.61. The predicted octanol–water partition coefficient (Wildman–Crippen LogP) is 3.32. The lowest BCUT2D eigenvalue weighted by Gasteiger charge is -2.30. The monoisotopic (exact) mass is 245 g/mol. The Morgan fingerprint density at radius 2 is 1.83 bits per heavy atom. The van der Waals surface area contributed by atoms with Crippen LogP contribution in [0.3, 0.4) is 0 Å². The molecule has 2 nitrogen and oxygen atoms in total. The van der Waals surface area contributed by atoms with E-state index in [1.807, 2.05) is 7.05 Å². The van der Waals surface area contributed by atoms with Crippen LogP contribution in [0.5, 0.6) is 0 Å². The van der Waals surface area contributed by atoms with E-state index in [9.17, 15) is 4.79 Å². The zero-order valence-electron chi connectivity index (χ0n) is 11.6. The van der Waals surface area contributed by atoms with Crippen molar-refractivity contribution in [2.24, 2.45) is 5.92 Å². The number of nitrogens with one attached hydrogen (secondary N) is 1. The Morgan fingerprint density at radius 1 is 1.17 bits per heavy atom. The fraction of sp³-hybridized carbons (Fsp3) is 0.562. The van der Waals surface area contributed by atoms with Gasteiger partial charge >= 0.3 is 0 Å². The topological polar surface area (TPSA) is 29.1 Å². The normalized spacial score (nSPS) is 18.9. The smallest absolute Gasteiger partial charge is 0.132 e. The second kappa shape index (κ2) is 5.66. The molecule has 2 heteroatoms. The summed E-state index contributed by atoms with van der Waals surface area (Å²) in [5.74, 6) is 1.02. The van der Waals surface area contributed by atoms with Crippen molar-refractivity contribution in [1.82, 2.24) is 5.32 Å². The van der Waals surface area contributed by atoms with Crippen LogP contribution in [0.2, 0.25) is 0 Å². The minimum Gasteiger partial charge on any atom is -0.313 e. The molecule has 0 saturated heterocycles. The summed E-state index contributed by atoms with van der Waals surface area (Å²) in [4.78, 5) is 11.3. The molecule has 1 aliphatic rings. The molecular weight excluding hydrogens is 222 g/mol. The van der Waals surface area contributed by atoms with Gasteiger partial charge in [0, 0.05) is 18.9 Å². The number of aryl methyl sites for hydroxylation is 2. The molecule has 98 valence electrons. The van der Waals surface area contributed by atoms with E-state index in [0.29, 0.717) is 17.7 Å². The Kier molecular flexibility index (Phi) is 4.18. The molecule has 1 aromatic rings. The van der Waals surface area contributed by atoms with Gasteiger partial charge in [-0.25, -0.2) is 0 Å². The number of benzene rings is 1. The number of hydrogen-bond acceptors (Lipinski definition) is 2. The lowest BCUT2D eigenvalue weighted by atomic mass is 9.80. The highest BCUT2D eigenvalue weighted by Gasteiger charge is 2.26. The van der Waals surface area contributed by atoms with Crippen molar-refractivity contribution in [2.75, 3.05) is 7.05 Å². The summed E-state index contributed by atoms with van der Waals surface area (Å²) in [6.07, 6.45) is 3.57. The van der Waals surface area contributed by atoms with Crippen molar-refractivity contribution in [3.63, 3.8) is 0 Å². The highest BCUT2D eigenvalue weighted by atomic mass is 16.1. The highest BCUT2D eigenvalue weighted by Crippen LogP contribution is 2.33. The number of rotatable bonds is 3. The number of hydrogen-bond donors (Lipinski definition) is 1. The molecule has 0 aromatic heterocycles. The Bertz CT molecular complexity index is 429. The predicted molar refractivity (Wildman–Crippen MR) is 74.7 cm³/mol. The van der Waals surface area contributed by atoms with Crippen LogP contribution in [0.25, 0.3) is 0 Å². The van der Waals surface area contributed by atoms with Gasteiger partial charge < -0.3 is 5.32 Å². The minimum absolute atomic E-state index is 0.386. The average molecular weight is 245 g/mol. The van der Waals surface area contributed by atoms with Gasteiger partial charge in [0.25, 0.3) is 0 Å². The molecule has 1 unspecified atom stereocenters. The van der Waals surface area contributed by atoms with E-state index < -0.39 is 0 Å². The summed E-state index contributed by atoms with van der Waals surface area (Å²) in [5, 5.41) is 3.44.